The third-order valence-electron chi connectivity index (χ3n) is 4.72. The van der Waals surface area contributed by atoms with E-state index < -0.39 is 10.0 Å². The largest absolute Gasteiger partial charge is 0.338 e. The Bertz CT molecular complexity index is 954. The van der Waals surface area contributed by atoms with Crippen molar-refractivity contribution in [2.75, 3.05) is 17.8 Å². The lowest BCUT2D eigenvalue weighted by Crippen LogP contribution is -2.44. The number of benzene rings is 1. The van der Waals surface area contributed by atoms with Gasteiger partial charge in [0, 0.05) is 19.3 Å². The first-order chi connectivity index (χ1) is 12.7. The number of hydrogen-bond donors (Lipinski definition) is 1. The topological polar surface area (TPSA) is 79.4 Å². The second-order valence-electron chi connectivity index (χ2n) is 7.85. The Morgan fingerprint density at radius 2 is 1.96 bits per heavy atom. The number of carbonyl (C=O) groups is 1. The van der Waals surface area contributed by atoms with Gasteiger partial charge < -0.3 is 4.90 Å². The van der Waals surface area contributed by atoms with Gasteiger partial charge in [-0.3, -0.25) is 14.5 Å². The fourth-order valence-corrected chi connectivity index (χ4v) is 4.70. The van der Waals surface area contributed by atoms with Crippen molar-refractivity contribution in [1.82, 2.24) is 9.88 Å². The van der Waals surface area contributed by atoms with E-state index in [4.69, 9.17) is 0 Å². The van der Waals surface area contributed by atoms with Gasteiger partial charge in [-0.15, -0.1) is 0 Å². The Kier molecular flexibility index (Phi) is 5.24. The summed E-state index contributed by atoms with van der Waals surface area (Å²) in [6, 6.07) is 8.05. The van der Waals surface area contributed by atoms with E-state index in [1.54, 1.807) is 35.4 Å². The number of rotatable bonds is 4. The molecule has 0 bridgehead atoms. The molecule has 0 aliphatic carbocycles. The summed E-state index contributed by atoms with van der Waals surface area (Å²) in [7, 11) is -3.91. The van der Waals surface area contributed by atoms with Gasteiger partial charge >= 0.3 is 0 Å². The molecule has 1 aliphatic rings. The van der Waals surface area contributed by atoms with Crippen molar-refractivity contribution in [3.8, 4) is 0 Å². The molecule has 2 aromatic rings. The molecule has 1 aromatic heterocycles. The van der Waals surface area contributed by atoms with Gasteiger partial charge in [0.2, 0.25) is 0 Å². The number of hydrogen-bond acceptors (Lipinski definition) is 4. The summed E-state index contributed by atoms with van der Waals surface area (Å²) in [5, 5.41) is 0. The summed E-state index contributed by atoms with van der Waals surface area (Å²) in [6.45, 7) is 7.35. The lowest BCUT2D eigenvalue weighted by Gasteiger charge is -2.38. The van der Waals surface area contributed by atoms with Crippen LogP contribution in [0.4, 0.5) is 5.69 Å². The second kappa shape index (κ2) is 7.31. The third-order valence-corrected chi connectivity index (χ3v) is 6.16. The average molecular weight is 388 g/mol. The van der Waals surface area contributed by atoms with Crippen LogP contribution in [0.1, 0.15) is 42.6 Å². The molecule has 1 amide bonds. The van der Waals surface area contributed by atoms with E-state index in [1.807, 2.05) is 6.92 Å². The lowest BCUT2D eigenvalue weighted by molar-refractivity contribution is 0.0579. The molecule has 0 unspecified atom stereocenters. The molecule has 0 atom stereocenters. The van der Waals surface area contributed by atoms with Crippen LogP contribution in [0.5, 0.6) is 0 Å². The number of pyridine rings is 1. The summed E-state index contributed by atoms with van der Waals surface area (Å²) in [6.07, 6.45) is 5.06. The average Bonchev–Trinajstić information content (AvgIpc) is 2.60. The molecule has 3 rings (SSSR count). The maximum atomic E-state index is 13.1. The van der Waals surface area contributed by atoms with Gasteiger partial charge in [-0.25, -0.2) is 8.42 Å². The van der Waals surface area contributed by atoms with Crippen LogP contribution in [0.15, 0.2) is 47.6 Å². The molecule has 1 saturated heterocycles. The van der Waals surface area contributed by atoms with Gasteiger partial charge in [0.15, 0.2) is 0 Å². The van der Waals surface area contributed by atoms with Crippen molar-refractivity contribution in [3.05, 3.63) is 53.9 Å². The molecule has 27 heavy (non-hydrogen) atoms. The van der Waals surface area contributed by atoms with Gasteiger partial charge in [-0.05, 0) is 48.9 Å². The van der Waals surface area contributed by atoms with Crippen LogP contribution < -0.4 is 4.72 Å². The van der Waals surface area contributed by atoms with Gasteiger partial charge in [0.25, 0.3) is 15.9 Å². The zero-order chi connectivity index (χ0) is 19.7. The van der Waals surface area contributed by atoms with E-state index in [1.165, 1.54) is 12.3 Å². The first-order valence-corrected chi connectivity index (χ1v) is 10.5. The molecule has 1 aliphatic heterocycles. The molecule has 7 heteroatoms. The van der Waals surface area contributed by atoms with E-state index in [2.05, 4.69) is 23.6 Å². The van der Waals surface area contributed by atoms with Gasteiger partial charge in [-0.1, -0.05) is 26.0 Å². The maximum absolute atomic E-state index is 13.1. The molecular formula is C20H25N3O3S. The van der Waals surface area contributed by atoms with Crippen LogP contribution in [0, 0.1) is 12.3 Å². The number of aryl methyl sites for hydroxylation is 1. The number of amides is 1. The summed E-state index contributed by atoms with van der Waals surface area (Å²) >= 11 is 0. The highest BCUT2D eigenvalue weighted by atomic mass is 32.2. The van der Waals surface area contributed by atoms with Crippen molar-refractivity contribution in [2.24, 2.45) is 5.41 Å². The molecule has 0 spiro atoms. The first kappa shape index (κ1) is 19.4. The van der Waals surface area contributed by atoms with Gasteiger partial charge in [-0.2, -0.15) is 0 Å². The quantitative estimate of drug-likeness (QED) is 0.871. The highest BCUT2D eigenvalue weighted by molar-refractivity contribution is 7.92. The number of piperidine rings is 1. The Morgan fingerprint density at radius 1 is 1.22 bits per heavy atom. The number of sulfonamides is 1. The van der Waals surface area contributed by atoms with E-state index in [0.29, 0.717) is 18.8 Å². The molecule has 2 heterocycles. The number of carbonyl (C=O) groups excluding carboxylic acids is 1. The van der Waals surface area contributed by atoms with Crippen molar-refractivity contribution in [3.63, 3.8) is 0 Å². The predicted molar refractivity (Wildman–Crippen MR) is 105 cm³/mol. The molecular weight excluding hydrogens is 362 g/mol. The van der Waals surface area contributed by atoms with Gasteiger partial charge in [0.1, 0.15) is 4.90 Å². The van der Waals surface area contributed by atoms with Crippen LogP contribution in [0.3, 0.4) is 0 Å². The number of anilines is 1. The number of nitrogens with zero attached hydrogens (tertiary/aromatic N) is 2. The zero-order valence-electron chi connectivity index (χ0n) is 15.9. The molecule has 0 saturated carbocycles. The van der Waals surface area contributed by atoms with E-state index in [9.17, 15) is 13.2 Å². The maximum Gasteiger partial charge on any atom is 0.262 e. The van der Waals surface area contributed by atoms with Crippen molar-refractivity contribution in [1.29, 1.82) is 0 Å². The highest BCUT2D eigenvalue weighted by Gasteiger charge is 2.32. The number of nitrogens with one attached hydrogen (secondary N) is 1. The molecule has 1 aromatic carbocycles. The third kappa shape index (κ3) is 4.47. The van der Waals surface area contributed by atoms with Crippen LogP contribution in [-0.4, -0.2) is 37.3 Å². The molecule has 144 valence electrons. The number of aromatic nitrogens is 1. The standard InChI is InChI=1S/C20H25N3O3S/c1-15-11-16(13-21-12-15)22-27(25,26)18-8-5-4-7-17(18)19(24)23-10-6-9-20(2,3)14-23/h4-5,7-8,11-13,22H,6,9-10,14H2,1-3H3. The minimum absolute atomic E-state index is 0.0140. The van der Waals surface area contributed by atoms with E-state index in [-0.39, 0.29) is 21.8 Å². The Hall–Kier alpha value is -2.41. The predicted octanol–water partition coefficient (Wildman–Crippen LogP) is 3.45. The SMILES string of the molecule is Cc1cncc(NS(=O)(=O)c2ccccc2C(=O)N2CCCC(C)(C)C2)c1. The van der Waals surface area contributed by atoms with Crippen LogP contribution in [0.25, 0.3) is 0 Å². The second-order valence-corrected chi connectivity index (χ2v) is 9.50. The van der Waals surface area contributed by atoms with Crippen LogP contribution in [-0.2, 0) is 10.0 Å². The first-order valence-electron chi connectivity index (χ1n) is 9.01. The minimum atomic E-state index is -3.91. The van der Waals surface area contributed by atoms with Crippen molar-refractivity contribution >= 4 is 21.6 Å². The summed E-state index contributed by atoms with van der Waals surface area (Å²) < 4.78 is 28.4. The molecule has 1 N–H and O–H groups in total. The Labute approximate surface area is 160 Å². The monoisotopic (exact) mass is 387 g/mol. The normalized spacial score (nSPS) is 16.8. The molecule has 0 radical (unpaired) electrons. The van der Waals surface area contributed by atoms with E-state index in [0.717, 1.165) is 18.4 Å². The Balaban J connectivity index is 1.92. The van der Waals surface area contributed by atoms with Crippen molar-refractivity contribution in [2.45, 2.75) is 38.5 Å². The van der Waals surface area contributed by atoms with Crippen molar-refractivity contribution < 1.29 is 13.2 Å². The molecule has 1 fully saturated rings. The van der Waals surface area contributed by atoms with E-state index >= 15 is 0 Å². The minimum Gasteiger partial charge on any atom is -0.338 e. The molecule has 6 nitrogen and oxygen atoms in total. The van der Waals surface area contributed by atoms with Gasteiger partial charge in [0.05, 0.1) is 17.4 Å². The summed E-state index contributed by atoms with van der Waals surface area (Å²) in [5.74, 6) is -0.244. The number of likely N-dealkylation sites (tertiary alicyclic amines) is 1. The summed E-state index contributed by atoms with van der Waals surface area (Å²) in [5.41, 5.74) is 1.45. The lowest BCUT2D eigenvalue weighted by atomic mass is 9.84. The zero-order valence-corrected chi connectivity index (χ0v) is 16.7. The smallest absolute Gasteiger partial charge is 0.262 e. The Morgan fingerprint density at radius 3 is 2.67 bits per heavy atom. The fraction of sp³-hybridized carbons (Fsp3) is 0.400. The van der Waals surface area contributed by atoms with Crippen LogP contribution >= 0.6 is 0 Å². The summed E-state index contributed by atoms with van der Waals surface area (Å²) in [4.78, 5) is 18.8. The van der Waals surface area contributed by atoms with Crippen LogP contribution in [0.2, 0.25) is 0 Å². The highest BCUT2D eigenvalue weighted by Crippen LogP contribution is 2.30. The fourth-order valence-electron chi connectivity index (χ4n) is 3.47.